The molecule has 302 valence electrons. The van der Waals surface area contributed by atoms with Gasteiger partial charge in [0.25, 0.3) is 0 Å². The van der Waals surface area contributed by atoms with E-state index in [0.717, 1.165) is 52.1 Å². The van der Waals surface area contributed by atoms with Crippen LogP contribution < -0.4 is 4.90 Å². The molecule has 11 aromatic rings. The zero-order chi connectivity index (χ0) is 42.2. The molecule has 0 amide bonds. The molecule has 0 unspecified atom stereocenters. The van der Waals surface area contributed by atoms with E-state index >= 15 is 0 Å². The highest BCUT2D eigenvalue weighted by atomic mass is 16.3. The van der Waals surface area contributed by atoms with Crippen molar-refractivity contribution in [2.24, 2.45) is 0 Å². The minimum Gasteiger partial charge on any atom is -0.454 e. The summed E-state index contributed by atoms with van der Waals surface area (Å²) in [6.45, 7) is 9.54. The predicted molar refractivity (Wildman–Crippen MR) is 265 cm³/mol. The lowest BCUT2D eigenvalue weighted by molar-refractivity contribution is 0.490. The van der Waals surface area contributed by atoms with Crippen LogP contribution in [-0.4, -0.2) is 4.57 Å². The third-order valence-electron chi connectivity index (χ3n) is 15.0. The quantitative estimate of drug-likeness (QED) is 0.167. The standard InChI is InChI=1S/C60H46N2O/c1-5-60(6-2)47-26-16-14-24-44(47)53-49(60)36-51(58-55(53)46-25-15-17-27-52(46)63-58)61(41-30-28-37-18-10-11-20-39(37)34-41)42-31-32-45-50(35-42)62(40-21-8-7-9-22-40)57-54-43-23-13-12-19-38(43)29-33-48(54)59(3,4)56(45)57/h7-36H,5-6H2,1-4H3. The van der Waals surface area contributed by atoms with E-state index in [0.29, 0.717) is 0 Å². The summed E-state index contributed by atoms with van der Waals surface area (Å²) >= 11 is 0. The van der Waals surface area contributed by atoms with Crippen LogP contribution in [0.15, 0.2) is 186 Å². The Morgan fingerprint density at radius 3 is 2.02 bits per heavy atom. The number of furan rings is 1. The van der Waals surface area contributed by atoms with Crippen LogP contribution in [0.5, 0.6) is 0 Å². The fraction of sp³-hybridized carbons (Fsp3) is 0.133. The highest BCUT2D eigenvalue weighted by Crippen LogP contribution is 2.60. The Balaban J connectivity index is 1.16. The van der Waals surface area contributed by atoms with Crippen molar-refractivity contribution in [1.29, 1.82) is 0 Å². The summed E-state index contributed by atoms with van der Waals surface area (Å²) in [5, 5.41) is 8.59. The van der Waals surface area contributed by atoms with Crippen molar-refractivity contribution in [3.63, 3.8) is 0 Å². The maximum atomic E-state index is 7.16. The minimum atomic E-state index is -0.217. The predicted octanol–water partition coefficient (Wildman–Crippen LogP) is 16.7. The Hall–Kier alpha value is -7.36. The molecule has 0 spiro atoms. The first-order chi connectivity index (χ1) is 30.9. The molecule has 0 aliphatic heterocycles. The number of anilines is 3. The fourth-order valence-corrected chi connectivity index (χ4v) is 12.0. The van der Waals surface area contributed by atoms with E-state index in [1.165, 1.54) is 82.5 Å². The number of hydrogen-bond acceptors (Lipinski definition) is 2. The van der Waals surface area contributed by atoms with Gasteiger partial charge >= 0.3 is 0 Å². The summed E-state index contributed by atoms with van der Waals surface area (Å²) in [7, 11) is 0. The molecular formula is C60H46N2O. The highest BCUT2D eigenvalue weighted by molar-refractivity contribution is 6.19. The summed E-state index contributed by atoms with van der Waals surface area (Å²) in [6, 6.07) is 67.5. The van der Waals surface area contributed by atoms with Crippen molar-refractivity contribution in [3.8, 4) is 28.1 Å². The van der Waals surface area contributed by atoms with Crippen molar-refractivity contribution in [2.45, 2.75) is 51.4 Å². The van der Waals surface area contributed by atoms with E-state index < -0.39 is 0 Å². The number of rotatable bonds is 6. The van der Waals surface area contributed by atoms with E-state index in [1.807, 2.05) is 0 Å². The SMILES string of the molecule is CCC1(CC)c2ccccc2-c2c1cc(N(c1ccc3ccccc3c1)c1ccc3c4c(n(-c5ccccc5)c3c1)-c1c(ccc3ccccc13)C4(C)C)c1oc3ccccc3c21. The van der Waals surface area contributed by atoms with Crippen LogP contribution >= 0.6 is 0 Å². The Morgan fingerprint density at radius 2 is 1.19 bits per heavy atom. The van der Waals surface area contributed by atoms with Crippen LogP contribution in [0.4, 0.5) is 17.1 Å². The average molecular weight is 811 g/mol. The molecule has 2 aliphatic carbocycles. The van der Waals surface area contributed by atoms with E-state index in [2.05, 4.69) is 219 Å². The van der Waals surface area contributed by atoms with Crippen molar-refractivity contribution < 1.29 is 4.42 Å². The highest BCUT2D eigenvalue weighted by Gasteiger charge is 2.44. The van der Waals surface area contributed by atoms with Crippen molar-refractivity contribution >= 4 is 71.4 Å². The van der Waals surface area contributed by atoms with E-state index in [-0.39, 0.29) is 10.8 Å². The van der Waals surface area contributed by atoms with Gasteiger partial charge < -0.3 is 13.9 Å². The molecule has 2 aromatic heterocycles. The third-order valence-corrected chi connectivity index (χ3v) is 15.0. The summed E-state index contributed by atoms with van der Waals surface area (Å²) in [5.74, 6) is 0. The van der Waals surface area contributed by atoms with Gasteiger partial charge in [-0.05, 0) is 116 Å². The summed E-state index contributed by atoms with van der Waals surface area (Å²) < 4.78 is 9.71. The number of aromatic nitrogens is 1. The van der Waals surface area contributed by atoms with Gasteiger partial charge in [-0.15, -0.1) is 0 Å². The average Bonchev–Trinajstić information content (AvgIpc) is 4.03. The Morgan fingerprint density at radius 1 is 0.524 bits per heavy atom. The van der Waals surface area contributed by atoms with Crippen LogP contribution in [0.1, 0.15) is 62.8 Å². The van der Waals surface area contributed by atoms with E-state index in [9.17, 15) is 0 Å². The molecule has 9 aromatic carbocycles. The molecular weight excluding hydrogens is 765 g/mol. The first-order valence-corrected chi connectivity index (χ1v) is 22.6. The molecule has 0 bridgehead atoms. The van der Waals surface area contributed by atoms with Crippen molar-refractivity contribution in [3.05, 3.63) is 204 Å². The van der Waals surface area contributed by atoms with Crippen LogP contribution in [0.25, 0.3) is 82.5 Å². The second-order valence-corrected chi connectivity index (χ2v) is 18.3. The van der Waals surface area contributed by atoms with Crippen molar-refractivity contribution in [1.82, 2.24) is 4.57 Å². The number of hydrogen-bond donors (Lipinski definition) is 0. The third kappa shape index (κ3) is 4.80. The Bertz CT molecular complexity index is 3690. The second-order valence-electron chi connectivity index (χ2n) is 18.3. The van der Waals surface area contributed by atoms with E-state index in [1.54, 1.807) is 0 Å². The molecule has 2 heterocycles. The molecule has 3 heteroatoms. The summed E-state index contributed by atoms with van der Waals surface area (Å²) in [5.41, 5.74) is 17.8. The van der Waals surface area contributed by atoms with Gasteiger partial charge in [-0.2, -0.15) is 0 Å². The minimum absolute atomic E-state index is 0.142. The molecule has 3 nitrogen and oxygen atoms in total. The monoisotopic (exact) mass is 810 g/mol. The maximum Gasteiger partial charge on any atom is 0.160 e. The smallest absolute Gasteiger partial charge is 0.160 e. The van der Waals surface area contributed by atoms with Gasteiger partial charge in [-0.1, -0.05) is 161 Å². The number of nitrogens with zero attached hydrogens (tertiary/aromatic N) is 2. The normalized spacial score (nSPS) is 14.4. The molecule has 0 saturated carbocycles. The van der Waals surface area contributed by atoms with Gasteiger partial charge in [0.15, 0.2) is 5.58 Å². The molecule has 0 atom stereocenters. The first-order valence-electron chi connectivity index (χ1n) is 22.6. The van der Waals surface area contributed by atoms with Gasteiger partial charge in [0.05, 0.1) is 16.9 Å². The number of fused-ring (bicyclic) bond motifs is 15. The van der Waals surface area contributed by atoms with Gasteiger partial charge in [0, 0.05) is 49.6 Å². The maximum absolute atomic E-state index is 7.16. The fourth-order valence-electron chi connectivity index (χ4n) is 12.0. The Labute approximate surface area is 367 Å². The van der Waals surface area contributed by atoms with Crippen LogP contribution in [-0.2, 0) is 10.8 Å². The van der Waals surface area contributed by atoms with Gasteiger partial charge in [0.1, 0.15) is 5.58 Å². The first kappa shape index (κ1) is 36.3. The zero-order valence-electron chi connectivity index (χ0n) is 36.0. The van der Waals surface area contributed by atoms with Gasteiger partial charge in [-0.3, -0.25) is 0 Å². The molecule has 0 radical (unpaired) electrons. The molecule has 63 heavy (non-hydrogen) atoms. The lowest BCUT2D eigenvalue weighted by Crippen LogP contribution is -2.23. The van der Waals surface area contributed by atoms with Crippen LogP contribution in [0.2, 0.25) is 0 Å². The number of benzene rings is 9. The zero-order valence-corrected chi connectivity index (χ0v) is 36.0. The largest absolute Gasteiger partial charge is 0.454 e. The number of para-hydroxylation sites is 2. The summed E-state index contributed by atoms with van der Waals surface area (Å²) in [6.07, 6.45) is 2.00. The second kappa shape index (κ2) is 13.1. The van der Waals surface area contributed by atoms with E-state index in [4.69, 9.17) is 4.42 Å². The lowest BCUT2D eigenvalue weighted by atomic mass is 9.73. The van der Waals surface area contributed by atoms with Gasteiger partial charge in [-0.25, -0.2) is 0 Å². The van der Waals surface area contributed by atoms with Gasteiger partial charge in [0.2, 0.25) is 0 Å². The van der Waals surface area contributed by atoms with Crippen molar-refractivity contribution in [2.75, 3.05) is 4.90 Å². The molecule has 0 fully saturated rings. The molecule has 13 rings (SSSR count). The van der Waals surface area contributed by atoms with Crippen LogP contribution in [0, 0.1) is 0 Å². The lowest BCUT2D eigenvalue weighted by Gasteiger charge is -2.32. The van der Waals surface area contributed by atoms with Crippen LogP contribution in [0.3, 0.4) is 0 Å². The topological polar surface area (TPSA) is 21.3 Å². The Kier molecular flexibility index (Phi) is 7.54. The molecule has 0 N–H and O–H groups in total. The molecule has 0 saturated heterocycles. The molecule has 2 aliphatic rings. The summed E-state index contributed by atoms with van der Waals surface area (Å²) in [4.78, 5) is 2.48.